The molecule has 0 spiro atoms. The number of carbonyl (C=O) groups is 2. The number of benzene rings is 5. The molecule has 4 aliphatic rings. The lowest BCUT2D eigenvalue weighted by atomic mass is 9.98. The maximum absolute atomic E-state index is 14.6. The first kappa shape index (κ1) is 49.6. The average molecular weight is 1050 g/mol. The van der Waals surface area contributed by atoms with Crippen molar-refractivity contribution >= 4 is 29.1 Å². The van der Waals surface area contributed by atoms with Crippen LogP contribution in [0.3, 0.4) is 0 Å². The monoisotopic (exact) mass is 1050 g/mol. The molecule has 12 rings (SSSR count). The normalized spacial score (nSPS) is 18.5. The molecular formula is C57H49F6N11O3. The van der Waals surface area contributed by atoms with Crippen molar-refractivity contribution < 1.29 is 41.0 Å². The van der Waals surface area contributed by atoms with E-state index in [4.69, 9.17) is 4.98 Å². The van der Waals surface area contributed by atoms with Crippen LogP contribution in [-0.4, -0.2) is 76.7 Å². The van der Waals surface area contributed by atoms with Gasteiger partial charge in [0.2, 0.25) is 0 Å². The van der Waals surface area contributed by atoms with Gasteiger partial charge in [-0.1, -0.05) is 66.7 Å². The predicted molar refractivity (Wildman–Crippen MR) is 275 cm³/mol. The molecule has 1 unspecified atom stereocenters. The smallest absolute Gasteiger partial charge is 0.392 e. The van der Waals surface area contributed by atoms with Gasteiger partial charge in [0.05, 0.1) is 30.3 Å². The molecular weight excluding hydrogens is 1000 g/mol. The average Bonchev–Trinajstić information content (AvgIpc) is 4.38. The number of alkyl halides is 6. The summed E-state index contributed by atoms with van der Waals surface area (Å²) < 4.78 is 90.5. The molecule has 3 atom stereocenters. The number of pyridine rings is 1. The summed E-state index contributed by atoms with van der Waals surface area (Å²) in [6.45, 7) is 1.10. The van der Waals surface area contributed by atoms with Gasteiger partial charge in [-0.2, -0.15) is 26.3 Å². The first-order chi connectivity index (χ1) is 37.1. The van der Waals surface area contributed by atoms with Crippen LogP contribution >= 0.6 is 0 Å². The molecule has 8 aromatic rings. The lowest BCUT2D eigenvalue weighted by molar-refractivity contribution is -0.139. The number of aliphatic hydroxyl groups is 1. The van der Waals surface area contributed by atoms with Gasteiger partial charge in [-0.3, -0.25) is 14.5 Å². The minimum absolute atomic E-state index is 0.00354. The Morgan fingerprint density at radius 1 is 0.636 bits per heavy atom. The molecule has 3 aliphatic heterocycles. The zero-order valence-corrected chi connectivity index (χ0v) is 41.4. The zero-order chi connectivity index (χ0) is 53.3. The van der Waals surface area contributed by atoms with E-state index in [2.05, 4.69) is 30.6 Å². The number of aromatic nitrogens is 7. The minimum Gasteiger partial charge on any atom is -0.392 e. The highest BCUT2D eigenvalue weighted by atomic mass is 19.4. The number of hydrogen-bond donors (Lipinski definition) is 2. The molecule has 392 valence electrons. The van der Waals surface area contributed by atoms with Gasteiger partial charge in [-0.25, -0.2) is 4.98 Å². The van der Waals surface area contributed by atoms with Crippen LogP contribution in [0.4, 0.5) is 43.7 Å². The Labute approximate surface area is 437 Å². The van der Waals surface area contributed by atoms with E-state index in [1.54, 1.807) is 41.5 Å². The van der Waals surface area contributed by atoms with Gasteiger partial charge in [0.25, 0.3) is 11.8 Å². The minimum atomic E-state index is -4.70. The quantitative estimate of drug-likeness (QED) is 0.113. The summed E-state index contributed by atoms with van der Waals surface area (Å²) in [6.07, 6.45) is -3.80. The summed E-state index contributed by atoms with van der Waals surface area (Å²) >= 11 is 0. The Morgan fingerprint density at radius 2 is 1.29 bits per heavy atom. The number of anilines is 3. The van der Waals surface area contributed by atoms with Crippen LogP contribution in [0.1, 0.15) is 74.2 Å². The van der Waals surface area contributed by atoms with Gasteiger partial charge >= 0.3 is 12.4 Å². The fourth-order valence-corrected chi connectivity index (χ4v) is 11.5. The van der Waals surface area contributed by atoms with Crippen LogP contribution in [0.2, 0.25) is 0 Å². The Balaban J connectivity index is 0.813. The zero-order valence-electron chi connectivity index (χ0n) is 41.4. The van der Waals surface area contributed by atoms with Crippen LogP contribution in [-0.2, 0) is 45.6 Å². The van der Waals surface area contributed by atoms with Crippen LogP contribution < -0.4 is 20.0 Å². The Morgan fingerprint density at radius 3 is 2.01 bits per heavy atom. The number of nitrogens with zero attached hydrogens (tertiary/aromatic N) is 10. The topological polar surface area (TPSA) is 150 Å². The largest absolute Gasteiger partial charge is 0.416 e. The highest BCUT2D eigenvalue weighted by molar-refractivity contribution is 6.11. The van der Waals surface area contributed by atoms with Crippen molar-refractivity contribution in [3.05, 3.63) is 167 Å². The van der Waals surface area contributed by atoms with Gasteiger partial charge in [0.15, 0.2) is 11.6 Å². The first-order valence-electron chi connectivity index (χ1n) is 25.3. The van der Waals surface area contributed by atoms with Crippen molar-refractivity contribution in [2.45, 2.75) is 76.4 Å². The van der Waals surface area contributed by atoms with Gasteiger partial charge < -0.3 is 29.4 Å². The summed E-state index contributed by atoms with van der Waals surface area (Å²) in [5.41, 5.74) is 3.20. The molecule has 20 heteroatoms. The molecule has 1 aliphatic carbocycles. The van der Waals surface area contributed by atoms with E-state index in [1.165, 1.54) is 28.0 Å². The summed E-state index contributed by atoms with van der Waals surface area (Å²) in [7, 11) is 1.83. The molecule has 77 heavy (non-hydrogen) atoms. The third-order valence-electron chi connectivity index (χ3n) is 15.3. The molecule has 14 nitrogen and oxygen atoms in total. The molecule has 1 saturated heterocycles. The van der Waals surface area contributed by atoms with Crippen molar-refractivity contribution in [1.29, 1.82) is 0 Å². The van der Waals surface area contributed by atoms with Crippen molar-refractivity contribution in [3.8, 4) is 45.0 Å². The second-order valence-corrected chi connectivity index (χ2v) is 20.2. The van der Waals surface area contributed by atoms with Gasteiger partial charge in [-0.05, 0) is 119 Å². The number of hydrogen-bond acceptors (Lipinski definition) is 10. The fraction of sp³-hybridized carbons (Fsp3) is 0.281. The molecule has 2 fully saturated rings. The van der Waals surface area contributed by atoms with E-state index in [9.17, 15) is 41.0 Å². The van der Waals surface area contributed by atoms with Crippen LogP contribution in [0.15, 0.2) is 128 Å². The van der Waals surface area contributed by atoms with E-state index < -0.39 is 41.4 Å². The second kappa shape index (κ2) is 19.4. The summed E-state index contributed by atoms with van der Waals surface area (Å²) in [5.74, 6) is 0.829. The van der Waals surface area contributed by atoms with E-state index >= 15 is 0 Å². The molecule has 1 saturated carbocycles. The Bertz CT molecular complexity index is 3610. The lowest BCUT2D eigenvalue weighted by Gasteiger charge is -2.23. The summed E-state index contributed by atoms with van der Waals surface area (Å²) in [4.78, 5) is 37.9. The molecule has 3 aromatic heterocycles. The van der Waals surface area contributed by atoms with E-state index in [-0.39, 0.29) is 59.7 Å². The van der Waals surface area contributed by atoms with Crippen LogP contribution in [0.5, 0.6) is 0 Å². The van der Waals surface area contributed by atoms with Crippen molar-refractivity contribution in [3.63, 3.8) is 0 Å². The first-order valence-corrected chi connectivity index (χ1v) is 25.3. The SMILES string of the molecule is Cn1cnnc1-c1ccccc1-c1cc(N2CCC(Cn3cnnc3-c3ccccc3-c3cccc(N4Cc5c(cc(CN[C@H]6CCC[C@@H]6O)cc5C(F)(F)F)C4=O)c3)C2)nc(N2Cc3c(cccc3C(F)(F)F)C2=O)c1. The maximum Gasteiger partial charge on any atom is 0.416 e. The van der Waals surface area contributed by atoms with Gasteiger partial charge in [0, 0.05) is 67.2 Å². The molecule has 6 heterocycles. The number of carbonyl (C=O) groups excluding carboxylic acids is 2. The lowest BCUT2D eigenvalue weighted by Crippen LogP contribution is -2.35. The Hall–Kier alpha value is -8.23. The predicted octanol–water partition coefficient (Wildman–Crippen LogP) is 10.4. The van der Waals surface area contributed by atoms with E-state index in [0.717, 1.165) is 47.2 Å². The van der Waals surface area contributed by atoms with E-state index in [1.807, 2.05) is 72.3 Å². The number of aryl methyl sites for hydroxylation is 1. The molecule has 5 aromatic carbocycles. The number of rotatable bonds is 12. The molecule has 0 radical (unpaired) electrons. The number of nitrogens with one attached hydrogen (secondary N) is 1. The van der Waals surface area contributed by atoms with Crippen molar-refractivity contribution in [1.82, 2.24) is 39.8 Å². The number of aliphatic hydroxyl groups excluding tert-OH is 1. The highest BCUT2D eigenvalue weighted by Gasteiger charge is 2.42. The third kappa shape index (κ3) is 9.28. The van der Waals surface area contributed by atoms with Gasteiger partial charge in [0.1, 0.15) is 24.3 Å². The van der Waals surface area contributed by atoms with Crippen LogP contribution in [0.25, 0.3) is 45.0 Å². The number of halogens is 6. The molecule has 0 bridgehead atoms. The number of amides is 2. The second-order valence-electron chi connectivity index (χ2n) is 20.2. The summed E-state index contributed by atoms with van der Waals surface area (Å²) in [6, 6.07) is 32.0. The van der Waals surface area contributed by atoms with Crippen molar-refractivity contribution in [2.75, 3.05) is 27.8 Å². The summed E-state index contributed by atoms with van der Waals surface area (Å²) in [5, 5.41) is 30.8. The standard InChI is InChI=1S/C57H49F6N11O3/c1-70-31-65-68-52(70)40-13-4-3-12-39(40)36-24-50(67-51(25-36)74-30-44-42(54(74)76)15-7-16-46(44)56(58,59)60)71-20-19-33(27-71)28-72-32-66-69-53(72)41-14-5-2-11-38(41)35-9-6-10-37(23-35)73-29-45-43(55(73)77)21-34(22-47(45)57(61,62)63)26-64-48-17-8-18-49(48)75/h2-7,9-16,21-25,31-33,48-49,64,75H,8,17-20,26-30H2,1H3/t33?,48-,49-/m0/s1. The van der Waals surface area contributed by atoms with Gasteiger partial charge in [-0.15, -0.1) is 20.4 Å². The number of fused-ring (bicyclic) bond motifs is 2. The van der Waals surface area contributed by atoms with Crippen molar-refractivity contribution in [2.24, 2.45) is 13.0 Å². The Kier molecular flexibility index (Phi) is 12.5. The fourth-order valence-electron chi connectivity index (χ4n) is 11.5. The third-order valence-corrected chi connectivity index (χ3v) is 15.3. The molecule has 2 N–H and O–H groups in total. The molecule has 2 amide bonds. The maximum atomic E-state index is 14.6. The highest BCUT2D eigenvalue weighted by Crippen LogP contribution is 2.44. The van der Waals surface area contributed by atoms with E-state index in [0.29, 0.717) is 72.3 Å². The van der Waals surface area contributed by atoms with Crippen LogP contribution in [0, 0.1) is 5.92 Å².